The second-order valence-corrected chi connectivity index (χ2v) is 11.1. The Morgan fingerprint density at radius 3 is 2.16 bits per heavy atom. The molecular weight excluding hydrogens is 484 g/mol. The fraction of sp³-hybridized carbons (Fsp3) is 0.548. The molecule has 0 aromatic heterocycles. The molecule has 0 bridgehead atoms. The third-order valence-electron chi connectivity index (χ3n) is 8.00. The van der Waals surface area contributed by atoms with Crippen LogP contribution in [-0.2, 0) is 11.3 Å². The van der Waals surface area contributed by atoms with Gasteiger partial charge in [0.05, 0.1) is 0 Å². The van der Waals surface area contributed by atoms with Gasteiger partial charge in [-0.2, -0.15) is 0 Å². The number of unbranched alkanes of at least 4 members (excludes halogenated alkanes) is 1. The third-order valence-corrected chi connectivity index (χ3v) is 8.22. The molecule has 1 saturated heterocycles. The molecule has 4 rings (SSSR count). The van der Waals surface area contributed by atoms with E-state index in [1.165, 1.54) is 37.7 Å². The van der Waals surface area contributed by atoms with Crippen molar-refractivity contribution >= 4 is 22.8 Å². The lowest BCUT2D eigenvalue weighted by molar-refractivity contribution is -0.128. The SMILES string of the molecule is CCCCC(C(=O)NC1CCN(Cc2ccc(Oc3ccc(C(=O)Cl)cc3)cc2)CC1)C1CCCCC1. The molecule has 37 heavy (non-hydrogen) atoms. The lowest BCUT2D eigenvalue weighted by atomic mass is 9.77. The summed E-state index contributed by atoms with van der Waals surface area (Å²) in [5.74, 6) is 2.53. The number of carbonyl (C=O) groups excluding carboxylic acids is 2. The Balaban J connectivity index is 1.22. The number of rotatable bonds is 11. The molecule has 2 aromatic carbocycles. The van der Waals surface area contributed by atoms with Crippen molar-refractivity contribution in [2.45, 2.75) is 83.7 Å². The van der Waals surface area contributed by atoms with Crippen LogP contribution >= 0.6 is 11.6 Å². The average molecular weight is 525 g/mol. The molecule has 0 radical (unpaired) electrons. The van der Waals surface area contributed by atoms with E-state index in [9.17, 15) is 9.59 Å². The number of likely N-dealkylation sites (tertiary alicyclic amines) is 1. The van der Waals surface area contributed by atoms with Crippen LogP contribution < -0.4 is 10.1 Å². The van der Waals surface area contributed by atoms with Crippen molar-refractivity contribution in [1.82, 2.24) is 10.2 Å². The first-order valence-corrected chi connectivity index (χ1v) is 14.5. The topological polar surface area (TPSA) is 58.6 Å². The highest BCUT2D eigenvalue weighted by atomic mass is 35.5. The van der Waals surface area contributed by atoms with Crippen molar-refractivity contribution in [1.29, 1.82) is 0 Å². The minimum absolute atomic E-state index is 0.208. The maximum Gasteiger partial charge on any atom is 0.252 e. The summed E-state index contributed by atoms with van der Waals surface area (Å²) >= 11 is 5.50. The Morgan fingerprint density at radius 1 is 0.946 bits per heavy atom. The van der Waals surface area contributed by atoms with Crippen LogP contribution in [0.2, 0.25) is 0 Å². The molecule has 5 nitrogen and oxygen atoms in total. The number of benzene rings is 2. The van der Waals surface area contributed by atoms with Gasteiger partial charge < -0.3 is 10.1 Å². The normalized spacial score (nSPS) is 18.3. The van der Waals surface area contributed by atoms with Crippen molar-refractivity contribution in [2.24, 2.45) is 11.8 Å². The van der Waals surface area contributed by atoms with Gasteiger partial charge in [-0.3, -0.25) is 14.5 Å². The lowest BCUT2D eigenvalue weighted by Crippen LogP contribution is -2.47. The van der Waals surface area contributed by atoms with Crippen LogP contribution in [0.5, 0.6) is 11.5 Å². The van der Waals surface area contributed by atoms with Crippen LogP contribution in [0.3, 0.4) is 0 Å². The predicted molar refractivity (Wildman–Crippen MR) is 149 cm³/mol. The third kappa shape index (κ3) is 8.31. The summed E-state index contributed by atoms with van der Waals surface area (Å²) in [7, 11) is 0. The van der Waals surface area contributed by atoms with E-state index in [0.29, 0.717) is 29.2 Å². The molecule has 1 aliphatic carbocycles. The number of carbonyl (C=O) groups is 2. The summed E-state index contributed by atoms with van der Waals surface area (Å²) in [5.41, 5.74) is 1.70. The number of hydrogen-bond acceptors (Lipinski definition) is 4. The molecule has 1 atom stereocenters. The number of piperidine rings is 1. The molecule has 1 N–H and O–H groups in total. The van der Waals surface area contributed by atoms with Crippen molar-refractivity contribution in [3.8, 4) is 11.5 Å². The van der Waals surface area contributed by atoms with Gasteiger partial charge in [-0.05, 0) is 91.6 Å². The molecule has 200 valence electrons. The smallest absolute Gasteiger partial charge is 0.252 e. The van der Waals surface area contributed by atoms with Crippen molar-refractivity contribution < 1.29 is 14.3 Å². The van der Waals surface area contributed by atoms with Crippen LogP contribution in [-0.4, -0.2) is 35.2 Å². The van der Waals surface area contributed by atoms with Gasteiger partial charge in [0.1, 0.15) is 11.5 Å². The number of amides is 1. The predicted octanol–water partition coefficient (Wildman–Crippen LogP) is 7.33. The Labute approximate surface area is 226 Å². The first-order valence-electron chi connectivity index (χ1n) is 14.1. The second-order valence-electron chi connectivity index (χ2n) is 10.7. The van der Waals surface area contributed by atoms with Crippen LogP contribution in [0.15, 0.2) is 48.5 Å². The highest BCUT2D eigenvalue weighted by Gasteiger charge is 2.31. The van der Waals surface area contributed by atoms with Gasteiger partial charge in [-0.15, -0.1) is 0 Å². The number of halogens is 1. The van der Waals surface area contributed by atoms with E-state index in [0.717, 1.165) is 57.5 Å². The molecule has 1 aliphatic heterocycles. The number of hydrogen-bond donors (Lipinski definition) is 1. The molecule has 2 aliphatic rings. The van der Waals surface area contributed by atoms with Gasteiger partial charge >= 0.3 is 0 Å². The van der Waals surface area contributed by atoms with E-state index in [4.69, 9.17) is 16.3 Å². The fourth-order valence-electron chi connectivity index (χ4n) is 5.80. The van der Waals surface area contributed by atoms with Crippen molar-refractivity contribution in [3.05, 3.63) is 59.7 Å². The molecule has 2 aromatic rings. The zero-order valence-corrected chi connectivity index (χ0v) is 22.8. The van der Waals surface area contributed by atoms with Crippen LogP contribution in [0.25, 0.3) is 0 Å². The van der Waals surface area contributed by atoms with E-state index < -0.39 is 5.24 Å². The molecule has 2 fully saturated rings. The Morgan fingerprint density at radius 2 is 1.57 bits per heavy atom. The Bertz CT molecular complexity index is 994. The summed E-state index contributed by atoms with van der Waals surface area (Å²) < 4.78 is 5.89. The first-order chi connectivity index (χ1) is 18.0. The molecule has 1 heterocycles. The summed E-state index contributed by atoms with van der Waals surface area (Å²) in [6.07, 6.45) is 11.7. The minimum Gasteiger partial charge on any atom is -0.457 e. The van der Waals surface area contributed by atoms with E-state index in [2.05, 4.69) is 29.3 Å². The highest BCUT2D eigenvalue weighted by Crippen LogP contribution is 2.33. The standard InChI is InChI=1S/C31H41ClN2O3/c1-2-3-9-29(24-7-5-4-6-8-24)31(36)33-26-18-20-34(21-19-26)22-23-10-14-27(15-11-23)37-28-16-12-25(13-17-28)30(32)35/h10-17,24,26,29H,2-9,18-22H2,1H3,(H,33,36). The number of nitrogens with zero attached hydrogens (tertiary/aromatic N) is 1. The van der Waals surface area contributed by atoms with Crippen LogP contribution in [0.4, 0.5) is 0 Å². The monoisotopic (exact) mass is 524 g/mol. The molecule has 6 heteroatoms. The minimum atomic E-state index is -0.474. The van der Waals surface area contributed by atoms with E-state index in [-0.39, 0.29) is 5.92 Å². The van der Waals surface area contributed by atoms with Gasteiger partial charge in [0.2, 0.25) is 5.91 Å². The van der Waals surface area contributed by atoms with Crippen LogP contribution in [0.1, 0.15) is 87.1 Å². The van der Waals surface area contributed by atoms with Gasteiger partial charge in [-0.1, -0.05) is 51.2 Å². The summed E-state index contributed by atoms with van der Waals surface area (Å²) in [5, 5.41) is 2.97. The molecule has 0 spiro atoms. The number of ether oxygens (including phenoxy) is 1. The van der Waals surface area contributed by atoms with Gasteiger partial charge in [-0.25, -0.2) is 0 Å². The second kappa shape index (κ2) is 14.0. The Kier molecular flexibility index (Phi) is 10.4. The van der Waals surface area contributed by atoms with Crippen LogP contribution in [0, 0.1) is 11.8 Å². The number of nitrogens with one attached hydrogen (secondary N) is 1. The summed E-state index contributed by atoms with van der Waals surface area (Å²) in [6.45, 7) is 5.11. The largest absolute Gasteiger partial charge is 0.457 e. The zero-order chi connectivity index (χ0) is 26.0. The zero-order valence-electron chi connectivity index (χ0n) is 22.1. The molecular formula is C31H41ClN2O3. The quantitative estimate of drug-likeness (QED) is 0.313. The van der Waals surface area contributed by atoms with E-state index in [1.807, 2.05) is 12.1 Å². The van der Waals surface area contributed by atoms with Crippen molar-refractivity contribution in [3.63, 3.8) is 0 Å². The van der Waals surface area contributed by atoms with Gasteiger partial charge in [0, 0.05) is 37.2 Å². The lowest BCUT2D eigenvalue weighted by Gasteiger charge is -2.35. The molecule has 1 unspecified atom stereocenters. The van der Waals surface area contributed by atoms with Gasteiger partial charge in [0.25, 0.3) is 5.24 Å². The van der Waals surface area contributed by atoms with E-state index >= 15 is 0 Å². The van der Waals surface area contributed by atoms with Crippen molar-refractivity contribution in [2.75, 3.05) is 13.1 Å². The molecule has 1 amide bonds. The maximum atomic E-state index is 13.2. The average Bonchev–Trinajstić information content (AvgIpc) is 2.92. The summed E-state index contributed by atoms with van der Waals surface area (Å²) in [6, 6.07) is 15.3. The van der Waals surface area contributed by atoms with Gasteiger partial charge in [0.15, 0.2) is 0 Å². The highest BCUT2D eigenvalue weighted by molar-refractivity contribution is 6.67. The molecule has 1 saturated carbocycles. The fourth-order valence-corrected chi connectivity index (χ4v) is 5.92. The maximum absolute atomic E-state index is 13.2. The summed E-state index contributed by atoms with van der Waals surface area (Å²) in [4.78, 5) is 26.9. The first kappa shape index (κ1) is 27.7. The Hall–Kier alpha value is -2.37. The van der Waals surface area contributed by atoms with E-state index in [1.54, 1.807) is 24.3 Å².